The van der Waals surface area contributed by atoms with Crippen LogP contribution in [0.25, 0.3) is 0 Å². The van der Waals surface area contributed by atoms with Gasteiger partial charge < -0.3 is 18.9 Å². The molecule has 0 bridgehead atoms. The van der Waals surface area contributed by atoms with Crippen molar-refractivity contribution in [3.63, 3.8) is 0 Å². The summed E-state index contributed by atoms with van der Waals surface area (Å²) >= 11 is 1.64. The first-order valence-electron chi connectivity index (χ1n) is 10.7. The molecule has 0 saturated carbocycles. The number of thiophene rings is 1. The minimum absolute atomic E-state index is 0.136. The second-order valence-corrected chi connectivity index (χ2v) is 8.68. The van der Waals surface area contributed by atoms with E-state index in [-0.39, 0.29) is 11.9 Å². The zero-order valence-corrected chi connectivity index (χ0v) is 19.2. The lowest BCUT2D eigenvalue weighted by atomic mass is 9.90. The van der Waals surface area contributed by atoms with Crippen LogP contribution in [0.2, 0.25) is 0 Å². The fourth-order valence-electron chi connectivity index (χ4n) is 4.35. The highest BCUT2D eigenvalue weighted by molar-refractivity contribution is 7.10. The van der Waals surface area contributed by atoms with Gasteiger partial charge in [0.2, 0.25) is 5.76 Å². The number of hydrogen-bond donors (Lipinski definition) is 0. The maximum absolute atomic E-state index is 13.5. The molecule has 0 fully saturated rings. The van der Waals surface area contributed by atoms with Crippen molar-refractivity contribution in [1.29, 1.82) is 0 Å². The van der Waals surface area contributed by atoms with E-state index in [4.69, 9.17) is 14.0 Å². The number of amides is 1. The van der Waals surface area contributed by atoms with Gasteiger partial charge in [-0.15, -0.1) is 11.3 Å². The highest BCUT2D eigenvalue weighted by atomic mass is 32.1. The van der Waals surface area contributed by atoms with Crippen LogP contribution in [0.5, 0.6) is 11.5 Å². The Bertz CT molecular complexity index is 1040. The van der Waals surface area contributed by atoms with Crippen LogP contribution in [0.15, 0.2) is 40.2 Å². The molecule has 1 aromatic carbocycles. The topological polar surface area (TPSA) is 64.8 Å². The van der Waals surface area contributed by atoms with Gasteiger partial charge in [-0.05, 0) is 54.0 Å². The van der Waals surface area contributed by atoms with Gasteiger partial charge in [-0.1, -0.05) is 25.1 Å². The molecule has 31 heavy (non-hydrogen) atoms. The lowest BCUT2D eigenvalue weighted by Gasteiger charge is -2.36. The number of rotatable bonds is 7. The predicted molar refractivity (Wildman–Crippen MR) is 120 cm³/mol. The molecule has 1 amide bonds. The summed E-state index contributed by atoms with van der Waals surface area (Å²) in [7, 11) is 3.27. The number of methoxy groups -OCH3 is 2. The molecule has 1 unspecified atom stereocenters. The van der Waals surface area contributed by atoms with Crippen LogP contribution < -0.4 is 9.47 Å². The van der Waals surface area contributed by atoms with Gasteiger partial charge in [-0.2, -0.15) is 0 Å². The van der Waals surface area contributed by atoms with Crippen LogP contribution in [0.3, 0.4) is 0 Å². The lowest BCUT2D eigenvalue weighted by molar-refractivity contribution is 0.0654. The van der Waals surface area contributed by atoms with Crippen molar-refractivity contribution in [3.8, 4) is 11.5 Å². The van der Waals surface area contributed by atoms with E-state index in [0.717, 1.165) is 41.0 Å². The Morgan fingerprint density at radius 3 is 2.61 bits per heavy atom. The molecule has 0 N–H and O–H groups in total. The van der Waals surface area contributed by atoms with Gasteiger partial charge in [0.25, 0.3) is 5.91 Å². The standard InChI is InChI=1S/C24H28N2O4S/c1-5-15(6-2)18-14-21(30-25-18)24(27)26-10-9-16-12-19(28-3)20(29-4)13-17(16)23(26)22-8-7-11-31-22/h7-8,11-15,23H,5-6,9-10H2,1-4H3. The van der Waals surface area contributed by atoms with Gasteiger partial charge in [0.15, 0.2) is 11.5 Å². The highest BCUT2D eigenvalue weighted by Gasteiger charge is 2.36. The molecule has 6 nitrogen and oxygen atoms in total. The Hall–Kier alpha value is -2.80. The Balaban J connectivity index is 1.74. The van der Waals surface area contributed by atoms with Gasteiger partial charge in [0, 0.05) is 23.4 Å². The highest BCUT2D eigenvalue weighted by Crippen LogP contribution is 2.42. The van der Waals surface area contributed by atoms with Crippen LogP contribution in [0, 0.1) is 0 Å². The van der Waals surface area contributed by atoms with Crippen LogP contribution >= 0.6 is 11.3 Å². The van der Waals surface area contributed by atoms with Crippen LogP contribution in [-0.4, -0.2) is 36.7 Å². The molecule has 3 heterocycles. The zero-order valence-electron chi connectivity index (χ0n) is 18.4. The van der Waals surface area contributed by atoms with E-state index in [9.17, 15) is 4.79 Å². The Labute approximate surface area is 186 Å². The minimum Gasteiger partial charge on any atom is -0.493 e. The van der Waals surface area contributed by atoms with Crippen molar-refractivity contribution in [2.24, 2.45) is 0 Å². The molecule has 3 aromatic rings. The van der Waals surface area contributed by atoms with Crippen molar-refractivity contribution >= 4 is 17.2 Å². The summed E-state index contributed by atoms with van der Waals surface area (Å²) in [6.07, 6.45) is 2.66. The molecule has 1 aliphatic heterocycles. The van der Waals surface area contributed by atoms with E-state index in [1.165, 1.54) is 0 Å². The molecule has 0 aliphatic carbocycles. The average Bonchev–Trinajstić information content (AvgIpc) is 3.50. The quantitative estimate of drug-likeness (QED) is 0.489. The molecule has 4 rings (SSSR count). The van der Waals surface area contributed by atoms with Crippen molar-refractivity contribution in [3.05, 3.63) is 63.2 Å². The molecule has 1 aliphatic rings. The largest absolute Gasteiger partial charge is 0.493 e. The predicted octanol–water partition coefficient (Wildman–Crippen LogP) is 5.44. The second-order valence-electron chi connectivity index (χ2n) is 7.70. The zero-order chi connectivity index (χ0) is 22.0. The summed E-state index contributed by atoms with van der Waals surface area (Å²) < 4.78 is 16.6. The molecule has 0 radical (unpaired) electrons. The monoisotopic (exact) mass is 440 g/mol. The smallest absolute Gasteiger partial charge is 0.293 e. The minimum atomic E-state index is -0.210. The van der Waals surface area contributed by atoms with Gasteiger partial charge in [-0.3, -0.25) is 4.79 Å². The fraction of sp³-hybridized carbons (Fsp3) is 0.417. The van der Waals surface area contributed by atoms with Crippen molar-refractivity contribution in [2.45, 2.75) is 45.1 Å². The summed E-state index contributed by atoms with van der Waals surface area (Å²) in [5.41, 5.74) is 3.07. The number of fused-ring (bicyclic) bond motifs is 1. The number of aromatic nitrogens is 1. The summed E-state index contributed by atoms with van der Waals surface area (Å²) in [4.78, 5) is 16.5. The molecule has 0 spiro atoms. The van der Waals surface area contributed by atoms with Crippen LogP contribution in [0.4, 0.5) is 0 Å². The molecule has 2 aromatic heterocycles. The maximum atomic E-state index is 13.5. The SMILES string of the molecule is CCC(CC)c1cc(C(=O)N2CCc3cc(OC)c(OC)cc3C2c2cccs2)on1. The van der Waals surface area contributed by atoms with E-state index in [1.54, 1.807) is 25.6 Å². The number of carbonyl (C=O) groups is 1. The van der Waals surface area contributed by atoms with E-state index in [1.807, 2.05) is 34.5 Å². The van der Waals surface area contributed by atoms with Gasteiger partial charge in [-0.25, -0.2) is 0 Å². The number of benzene rings is 1. The third-order valence-corrected chi connectivity index (χ3v) is 7.02. The molecule has 1 atom stereocenters. The molecule has 164 valence electrons. The van der Waals surface area contributed by atoms with Crippen LogP contribution in [0.1, 0.15) is 70.9 Å². The summed E-state index contributed by atoms with van der Waals surface area (Å²) in [6.45, 7) is 4.84. The Morgan fingerprint density at radius 2 is 1.97 bits per heavy atom. The van der Waals surface area contributed by atoms with Crippen molar-refractivity contribution < 1.29 is 18.8 Å². The average molecular weight is 441 g/mol. The number of hydrogen-bond acceptors (Lipinski definition) is 6. The van der Waals surface area contributed by atoms with Gasteiger partial charge in [0.1, 0.15) is 0 Å². The molecular weight excluding hydrogens is 412 g/mol. The third-order valence-electron chi connectivity index (χ3n) is 6.09. The Morgan fingerprint density at radius 1 is 1.23 bits per heavy atom. The Kier molecular flexibility index (Phi) is 6.32. The van der Waals surface area contributed by atoms with Crippen LogP contribution in [-0.2, 0) is 6.42 Å². The van der Waals surface area contributed by atoms with E-state index in [2.05, 4.69) is 25.1 Å². The number of ether oxygens (including phenoxy) is 2. The van der Waals surface area contributed by atoms with E-state index < -0.39 is 0 Å². The second kappa shape index (κ2) is 9.14. The van der Waals surface area contributed by atoms with Crippen molar-refractivity contribution in [1.82, 2.24) is 10.1 Å². The molecule has 0 saturated heterocycles. The fourth-order valence-corrected chi connectivity index (χ4v) is 5.20. The molecule has 7 heteroatoms. The molecular formula is C24H28N2O4S. The number of nitrogens with zero attached hydrogens (tertiary/aromatic N) is 2. The first-order chi connectivity index (χ1) is 15.1. The normalized spacial score (nSPS) is 15.8. The van der Waals surface area contributed by atoms with Gasteiger partial charge in [0.05, 0.1) is 26.0 Å². The summed E-state index contributed by atoms with van der Waals surface area (Å²) in [5.74, 6) is 1.83. The first-order valence-corrected chi connectivity index (χ1v) is 11.5. The third kappa shape index (κ3) is 3.94. The summed E-state index contributed by atoms with van der Waals surface area (Å²) in [6, 6.07) is 9.70. The maximum Gasteiger partial charge on any atom is 0.293 e. The van der Waals surface area contributed by atoms with E-state index >= 15 is 0 Å². The van der Waals surface area contributed by atoms with E-state index in [0.29, 0.717) is 29.7 Å². The number of carbonyl (C=O) groups excluding carboxylic acids is 1. The summed E-state index contributed by atoms with van der Waals surface area (Å²) in [5, 5.41) is 6.23. The lowest BCUT2D eigenvalue weighted by Crippen LogP contribution is -2.40. The van der Waals surface area contributed by atoms with Gasteiger partial charge >= 0.3 is 0 Å². The van der Waals surface area contributed by atoms with Crippen molar-refractivity contribution in [2.75, 3.05) is 20.8 Å². The first kappa shape index (κ1) is 21.4.